The molecule has 0 atom stereocenters. The first-order chi connectivity index (χ1) is 3.66. The van der Waals surface area contributed by atoms with E-state index in [2.05, 4.69) is 0 Å². The Bertz CT molecular complexity index is 106. The van der Waals surface area contributed by atoms with Gasteiger partial charge in [0.1, 0.15) is 0 Å². The van der Waals surface area contributed by atoms with Gasteiger partial charge in [0.2, 0.25) is 0 Å². The van der Waals surface area contributed by atoms with Gasteiger partial charge in [0.05, 0.1) is 8.39 Å². The maximum atomic E-state index is 4.91. The van der Waals surface area contributed by atoms with Crippen molar-refractivity contribution in [3.05, 3.63) is 0 Å². The van der Waals surface area contributed by atoms with E-state index in [0.29, 0.717) is 0 Å². The highest BCUT2D eigenvalue weighted by Crippen LogP contribution is 2.09. The van der Waals surface area contributed by atoms with Crippen molar-refractivity contribution < 1.29 is 0 Å². The summed E-state index contributed by atoms with van der Waals surface area (Å²) in [5.74, 6) is 0. The van der Waals surface area contributed by atoms with Crippen molar-refractivity contribution in [2.75, 3.05) is 0 Å². The molecule has 0 nitrogen and oxygen atoms in total. The molecule has 0 unspecified atom stereocenters. The maximum Gasteiger partial charge on any atom is 0.0529 e. The summed E-state index contributed by atoms with van der Waals surface area (Å²) in [5, 5.41) is 0. The van der Waals surface area contributed by atoms with Crippen molar-refractivity contribution >= 4 is 44.6 Å². The fourth-order valence-corrected chi connectivity index (χ4v) is 1.53. The molecule has 8 heavy (non-hydrogen) atoms. The summed E-state index contributed by atoms with van der Waals surface area (Å²) < 4.78 is 1.90. The maximum absolute atomic E-state index is 4.91. The molecule has 0 fully saturated rings. The zero-order valence-corrected chi connectivity index (χ0v) is 7.38. The predicted octanol–water partition coefficient (Wildman–Crippen LogP) is 2.80. The van der Waals surface area contributed by atoms with Crippen molar-refractivity contribution in [1.82, 2.24) is 0 Å². The number of thiocarbonyl (C=S) groups is 2. The van der Waals surface area contributed by atoms with Gasteiger partial charge < -0.3 is 0 Å². The molecule has 0 saturated carbocycles. The van der Waals surface area contributed by atoms with Crippen LogP contribution in [0.2, 0.25) is 0 Å². The number of thioether (sulfide) groups is 1. The van der Waals surface area contributed by atoms with Gasteiger partial charge in [0, 0.05) is 0 Å². The zero-order chi connectivity index (χ0) is 6.57. The highest BCUT2D eigenvalue weighted by Gasteiger charge is 1.92. The average Bonchev–Trinajstić information content (AvgIpc) is 1.65. The Morgan fingerprint density at radius 1 is 1.50 bits per heavy atom. The smallest absolute Gasteiger partial charge is 0.0529 e. The summed E-state index contributed by atoms with van der Waals surface area (Å²) >= 11 is 11.2. The summed E-state index contributed by atoms with van der Waals surface area (Å²) in [6, 6.07) is 0. The second-order valence-electron chi connectivity index (χ2n) is 1.32. The van der Waals surface area contributed by atoms with E-state index >= 15 is 0 Å². The van der Waals surface area contributed by atoms with Crippen LogP contribution in [0.25, 0.3) is 0 Å². The van der Waals surface area contributed by atoms with Gasteiger partial charge in [-0.3, -0.25) is 0 Å². The Kier molecular flexibility index (Phi) is 4.71. The molecule has 0 aromatic heterocycles. The molecule has 0 amide bonds. The average molecular weight is 164 g/mol. The third-order valence-electron chi connectivity index (χ3n) is 0.546. The lowest BCUT2D eigenvalue weighted by atomic mass is 10.6. The van der Waals surface area contributed by atoms with E-state index in [4.69, 9.17) is 24.4 Å². The minimum absolute atomic E-state index is 0.914. The summed E-state index contributed by atoms with van der Waals surface area (Å²) in [6.45, 7) is 3.93. The Morgan fingerprint density at radius 2 is 2.00 bits per heavy atom. The summed E-state index contributed by atoms with van der Waals surface area (Å²) in [7, 11) is 0. The normalized spacial score (nSPS) is 8.75. The SMILES string of the molecule is CCC(=S)SC(C)=S. The van der Waals surface area contributed by atoms with E-state index in [1.165, 1.54) is 11.8 Å². The van der Waals surface area contributed by atoms with Crippen LogP contribution >= 0.6 is 36.2 Å². The van der Waals surface area contributed by atoms with Gasteiger partial charge >= 0.3 is 0 Å². The third kappa shape index (κ3) is 4.68. The van der Waals surface area contributed by atoms with E-state index < -0.39 is 0 Å². The van der Waals surface area contributed by atoms with Crippen LogP contribution in [0.3, 0.4) is 0 Å². The molecular formula is C5H8S3. The van der Waals surface area contributed by atoms with E-state index in [9.17, 15) is 0 Å². The Hall–Kier alpha value is 0.530. The van der Waals surface area contributed by atoms with Gasteiger partial charge in [-0.25, -0.2) is 0 Å². The first-order valence-electron chi connectivity index (χ1n) is 2.38. The molecule has 0 rings (SSSR count). The topological polar surface area (TPSA) is 0 Å². The summed E-state index contributed by atoms with van der Waals surface area (Å²) in [5.41, 5.74) is 0. The number of hydrogen-bond acceptors (Lipinski definition) is 3. The van der Waals surface area contributed by atoms with Crippen LogP contribution in [0, 0.1) is 0 Å². The lowest BCUT2D eigenvalue weighted by Gasteiger charge is -1.93. The molecule has 0 aliphatic rings. The second kappa shape index (κ2) is 4.41. The highest BCUT2D eigenvalue weighted by atomic mass is 32.2. The first-order valence-corrected chi connectivity index (χ1v) is 4.01. The minimum Gasteiger partial charge on any atom is -0.0773 e. The Morgan fingerprint density at radius 3 is 2.12 bits per heavy atom. The van der Waals surface area contributed by atoms with Crippen LogP contribution < -0.4 is 0 Å². The second-order valence-corrected chi connectivity index (χ2v) is 4.25. The monoisotopic (exact) mass is 164 g/mol. The van der Waals surface area contributed by atoms with Gasteiger partial charge in [0.15, 0.2) is 0 Å². The van der Waals surface area contributed by atoms with E-state index in [1.54, 1.807) is 0 Å². The molecular weight excluding hydrogens is 156 g/mol. The van der Waals surface area contributed by atoms with Crippen molar-refractivity contribution in [2.45, 2.75) is 20.3 Å². The van der Waals surface area contributed by atoms with Crippen molar-refractivity contribution in [3.63, 3.8) is 0 Å². The molecule has 0 spiro atoms. The van der Waals surface area contributed by atoms with E-state index in [0.717, 1.165) is 14.8 Å². The van der Waals surface area contributed by atoms with Crippen LogP contribution in [0.15, 0.2) is 0 Å². The zero-order valence-electron chi connectivity index (χ0n) is 4.93. The summed E-state index contributed by atoms with van der Waals surface area (Å²) in [4.78, 5) is 0. The van der Waals surface area contributed by atoms with Gasteiger partial charge in [0.25, 0.3) is 0 Å². The molecule has 0 heterocycles. The van der Waals surface area contributed by atoms with Crippen molar-refractivity contribution in [1.29, 1.82) is 0 Å². The van der Waals surface area contributed by atoms with Gasteiger partial charge in [-0.1, -0.05) is 43.1 Å². The van der Waals surface area contributed by atoms with Gasteiger partial charge in [-0.15, -0.1) is 0 Å². The minimum atomic E-state index is 0.914. The lowest BCUT2D eigenvalue weighted by Crippen LogP contribution is -1.86. The van der Waals surface area contributed by atoms with Crippen LogP contribution in [-0.2, 0) is 0 Å². The van der Waals surface area contributed by atoms with E-state index in [-0.39, 0.29) is 0 Å². The van der Waals surface area contributed by atoms with Crippen molar-refractivity contribution in [3.8, 4) is 0 Å². The lowest BCUT2D eigenvalue weighted by molar-refractivity contribution is 1.35. The van der Waals surface area contributed by atoms with Crippen LogP contribution in [0.4, 0.5) is 0 Å². The standard InChI is InChI=1S/C5H8S3/c1-3-5(7)8-4(2)6/h3H2,1-2H3. The number of rotatable bonds is 1. The predicted molar refractivity (Wildman–Crippen MR) is 48.8 cm³/mol. The molecule has 0 saturated heterocycles. The molecule has 0 bridgehead atoms. The van der Waals surface area contributed by atoms with Gasteiger partial charge in [-0.05, 0) is 13.3 Å². The fraction of sp³-hybridized carbons (Fsp3) is 0.600. The number of hydrogen-bond donors (Lipinski definition) is 0. The fourth-order valence-electron chi connectivity index (χ4n) is 0.232. The first kappa shape index (κ1) is 8.53. The quantitative estimate of drug-likeness (QED) is 0.547. The van der Waals surface area contributed by atoms with Crippen LogP contribution in [0.5, 0.6) is 0 Å². The van der Waals surface area contributed by atoms with E-state index in [1.807, 2.05) is 13.8 Å². The van der Waals surface area contributed by atoms with Crippen LogP contribution in [-0.4, -0.2) is 8.39 Å². The van der Waals surface area contributed by atoms with Crippen molar-refractivity contribution in [2.24, 2.45) is 0 Å². The molecule has 0 aliphatic carbocycles. The molecule has 0 aliphatic heterocycles. The molecule has 46 valence electrons. The highest BCUT2D eigenvalue weighted by molar-refractivity contribution is 8.38. The third-order valence-corrected chi connectivity index (χ3v) is 2.14. The molecule has 0 aromatic carbocycles. The van der Waals surface area contributed by atoms with Crippen LogP contribution in [0.1, 0.15) is 20.3 Å². The largest absolute Gasteiger partial charge is 0.0773 e. The Labute approximate surface area is 65.0 Å². The summed E-state index contributed by atoms with van der Waals surface area (Å²) in [6.07, 6.45) is 0.938. The molecule has 0 N–H and O–H groups in total. The molecule has 3 heteroatoms. The van der Waals surface area contributed by atoms with Gasteiger partial charge in [-0.2, -0.15) is 0 Å². The molecule has 0 aromatic rings. The Balaban J connectivity index is 3.40. The molecule has 0 radical (unpaired) electrons.